The SMILES string of the molecule is COc1cc(OCCN2CCN(C)CC2)ccc1N.COc1cc(OCCN2CCN(C)CC2)ccc1[N+](=O)[O-]. The largest absolute Gasteiger partial charge is 0.494 e. The highest BCUT2D eigenvalue weighted by Crippen LogP contribution is 2.30. The summed E-state index contributed by atoms with van der Waals surface area (Å²) >= 11 is 0. The molecule has 0 radical (unpaired) electrons. The lowest BCUT2D eigenvalue weighted by Crippen LogP contribution is -2.45. The maximum atomic E-state index is 10.8. The van der Waals surface area contributed by atoms with Gasteiger partial charge >= 0.3 is 5.69 Å². The summed E-state index contributed by atoms with van der Waals surface area (Å²) in [6.07, 6.45) is 0. The zero-order valence-corrected chi connectivity index (χ0v) is 24.2. The van der Waals surface area contributed by atoms with Crippen LogP contribution in [-0.4, -0.2) is 131 Å². The number of likely N-dealkylation sites (N-methyl/N-ethyl adjacent to an activating group) is 2. The minimum absolute atomic E-state index is 0.0519. The van der Waals surface area contributed by atoms with Gasteiger partial charge in [0.2, 0.25) is 5.75 Å². The third-order valence-electron chi connectivity index (χ3n) is 7.10. The first-order valence-corrected chi connectivity index (χ1v) is 13.6. The molecule has 2 saturated heterocycles. The second-order valence-corrected chi connectivity index (χ2v) is 9.98. The molecule has 0 amide bonds. The van der Waals surface area contributed by atoms with E-state index in [1.54, 1.807) is 19.2 Å². The Labute approximate surface area is 237 Å². The van der Waals surface area contributed by atoms with Crippen LogP contribution in [0, 0.1) is 10.1 Å². The van der Waals surface area contributed by atoms with Gasteiger partial charge in [0, 0.05) is 83.6 Å². The number of rotatable bonds is 11. The second kappa shape index (κ2) is 16.1. The number of methoxy groups -OCH3 is 2. The van der Waals surface area contributed by atoms with Gasteiger partial charge in [0.05, 0.1) is 24.8 Å². The van der Waals surface area contributed by atoms with Crippen LogP contribution in [0.2, 0.25) is 0 Å². The van der Waals surface area contributed by atoms with Gasteiger partial charge in [-0.2, -0.15) is 0 Å². The number of nitro benzene ring substituents is 1. The van der Waals surface area contributed by atoms with Crippen molar-refractivity contribution in [3.63, 3.8) is 0 Å². The average Bonchev–Trinajstić information content (AvgIpc) is 2.96. The Hall–Kier alpha value is -3.32. The van der Waals surface area contributed by atoms with Crippen molar-refractivity contribution in [2.45, 2.75) is 0 Å². The van der Waals surface area contributed by atoms with Crippen molar-refractivity contribution >= 4 is 11.4 Å². The quantitative estimate of drug-likeness (QED) is 0.247. The van der Waals surface area contributed by atoms with Crippen molar-refractivity contribution in [3.8, 4) is 23.0 Å². The number of hydrogen-bond acceptors (Lipinski definition) is 11. The van der Waals surface area contributed by atoms with Crippen LogP contribution in [0.1, 0.15) is 0 Å². The molecule has 0 bridgehead atoms. The van der Waals surface area contributed by atoms with Crippen LogP contribution in [0.3, 0.4) is 0 Å². The van der Waals surface area contributed by atoms with E-state index in [9.17, 15) is 10.1 Å². The highest BCUT2D eigenvalue weighted by Gasteiger charge is 2.17. The number of piperazine rings is 2. The molecule has 2 aliphatic heterocycles. The van der Waals surface area contributed by atoms with E-state index in [-0.39, 0.29) is 11.4 Å². The molecule has 0 atom stereocenters. The molecule has 12 nitrogen and oxygen atoms in total. The van der Waals surface area contributed by atoms with E-state index >= 15 is 0 Å². The molecule has 2 N–H and O–H groups in total. The molecule has 12 heteroatoms. The van der Waals surface area contributed by atoms with Crippen LogP contribution in [0.15, 0.2) is 36.4 Å². The lowest BCUT2D eigenvalue weighted by molar-refractivity contribution is -0.385. The summed E-state index contributed by atoms with van der Waals surface area (Å²) in [7, 11) is 7.31. The zero-order valence-electron chi connectivity index (χ0n) is 24.2. The number of hydrogen-bond donors (Lipinski definition) is 1. The molecule has 2 aromatic rings. The molecule has 40 heavy (non-hydrogen) atoms. The minimum atomic E-state index is -0.465. The van der Waals surface area contributed by atoms with Crippen molar-refractivity contribution in [2.24, 2.45) is 0 Å². The molecule has 4 rings (SSSR count). The molecule has 0 spiro atoms. The van der Waals surface area contributed by atoms with Gasteiger partial charge in [0.1, 0.15) is 30.5 Å². The third kappa shape index (κ3) is 10.0. The Balaban J connectivity index is 0.000000222. The number of benzene rings is 2. The van der Waals surface area contributed by atoms with Gasteiger partial charge in [-0.25, -0.2) is 0 Å². The monoisotopic (exact) mass is 560 g/mol. The molecular formula is C28H44N6O6. The minimum Gasteiger partial charge on any atom is -0.494 e. The highest BCUT2D eigenvalue weighted by molar-refractivity contribution is 5.55. The third-order valence-corrected chi connectivity index (χ3v) is 7.10. The van der Waals surface area contributed by atoms with E-state index in [1.807, 2.05) is 18.2 Å². The molecule has 2 fully saturated rings. The summed E-state index contributed by atoms with van der Waals surface area (Å²) in [5.41, 5.74) is 6.35. The molecule has 0 unspecified atom stereocenters. The molecule has 0 saturated carbocycles. The van der Waals surface area contributed by atoms with Crippen molar-refractivity contribution in [1.82, 2.24) is 19.6 Å². The predicted octanol–water partition coefficient (Wildman–Crippen LogP) is 2.13. The average molecular weight is 561 g/mol. The summed E-state index contributed by atoms with van der Waals surface area (Å²) in [6.45, 7) is 11.8. The van der Waals surface area contributed by atoms with Crippen LogP contribution in [0.5, 0.6) is 23.0 Å². The number of ether oxygens (including phenoxy) is 4. The van der Waals surface area contributed by atoms with E-state index in [4.69, 9.17) is 24.7 Å². The topological polar surface area (TPSA) is 119 Å². The van der Waals surface area contributed by atoms with Gasteiger partial charge in [-0.05, 0) is 32.3 Å². The first-order chi connectivity index (χ1) is 19.3. The maximum absolute atomic E-state index is 10.8. The number of nitrogens with zero attached hydrogens (tertiary/aromatic N) is 5. The molecule has 2 aliphatic rings. The normalized spacial score (nSPS) is 17.0. The van der Waals surface area contributed by atoms with Gasteiger partial charge in [-0.15, -0.1) is 0 Å². The van der Waals surface area contributed by atoms with Crippen LogP contribution in [0.4, 0.5) is 11.4 Å². The standard InChI is InChI=1S/C14H21N3O4.C14H23N3O2/c1-15-5-7-16(8-6-15)9-10-21-12-3-4-13(17(18)19)14(11-12)20-2;1-16-5-7-17(8-6-16)9-10-19-12-3-4-13(15)14(11-12)18-2/h3-4,11H,5-10H2,1-2H3;3-4,11H,5-10,15H2,1-2H3. The van der Waals surface area contributed by atoms with Crippen molar-refractivity contribution in [3.05, 3.63) is 46.5 Å². The van der Waals surface area contributed by atoms with E-state index in [0.29, 0.717) is 30.4 Å². The summed E-state index contributed by atoms with van der Waals surface area (Å²) in [4.78, 5) is 19.8. The molecule has 2 aromatic carbocycles. The van der Waals surface area contributed by atoms with Crippen LogP contribution >= 0.6 is 0 Å². The smallest absolute Gasteiger partial charge is 0.311 e. The first-order valence-electron chi connectivity index (χ1n) is 13.6. The molecule has 0 aliphatic carbocycles. The van der Waals surface area contributed by atoms with Crippen LogP contribution < -0.4 is 24.7 Å². The van der Waals surface area contributed by atoms with Gasteiger partial charge in [0.15, 0.2) is 0 Å². The maximum Gasteiger partial charge on any atom is 0.311 e. The molecule has 2 heterocycles. The lowest BCUT2D eigenvalue weighted by Gasteiger charge is -2.32. The number of nitro groups is 1. The van der Waals surface area contributed by atoms with E-state index in [1.165, 1.54) is 13.2 Å². The Bertz CT molecular complexity index is 1060. The van der Waals surface area contributed by atoms with E-state index in [0.717, 1.165) is 71.2 Å². The van der Waals surface area contributed by atoms with Gasteiger partial charge < -0.3 is 34.5 Å². The fraction of sp³-hybridized carbons (Fsp3) is 0.571. The summed E-state index contributed by atoms with van der Waals surface area (Å²) in [5.74, 6) is 2.28. The van der Waals surface area contributed by atoms with Gasteiger partial charge in [-0.3, -0.25) is 19.9 Å². The van der Waals surface area contributed by atoms with Crippen LogP contribution in [0.25, 0.3) is 0 Å². The first kappa shape index (κ1) is 31.2. The fourth-order valence-corrected chi connectivity index (χ4v) is 4.41. The number of nitrogen functional groups attached to an aromatic ring is 1. The van der Waals surface area contributed by atoms with E-state index in [2.05, 4.69) is 33.7 Å². The van der Waals surface area contributed by atoms with E-state index < -0.39 is 4.92 Å². The zero-order chi connectivity index (χ0) is 28.9. The lowest BCUT2D eigenvalue weighted by atomic mass is 10.3. The summed E-state index contributed by atoms with van der Waals surface area (Å²) < 4.78 is 21.6. The Kier molecular flexibility index (Phi) is 12.5. The summed E-state index contributed by atoms with van der Waals surface area (Å²) in [5, 5.41) is 10.8. The fourth-order valence-electron chi connectivity index (χ4n) is 4.41. The highest BCUT2D eigenvalue weighted by atomic mass is 16.6. The Morgan fingerprint density at radius 3 is 1.65 bits per heavy atom. The van der Waals surface area contributed by atoms with Crippen molar-refractivity contribution in [1.29, 1.82) is 0 Å². The van der Waals surface area contributed by atoms with Crippen molar-refractivity contribution < 1.29 is 23.9 Å². The predicted molar refractivity (Wildman–Crippen MR) is 156 cm³/mol. The van der Waals surface area contributed by atoms with Crippen molar-refractivity contribution in [2.75, 3.05) is 113 Å². The Morgan fingerprint density at radius 2 is 1.20 bits per heavy atom. The Morgan fingerprint density at radius 1 is 0.750 bits per heavy atom. The number of nitrogens with two attached hydrogens (primary N) is 1. The van der Waals surface area contributed by atoms with Crippen LogP contribution in [-0.2, 0) is 0 Å². The molecular weight excluding hydrogens is 516 g/mol. The van der Waals surface area contributed by atoms with Gasteiger partial charge in [0.25, 0.3) is 0 Å². The molecule has 0 aromatic heterocycles. The second-order valence-electron chi connectivity index (χ2n) is 9.98. The molecule has 222 valence electrons. The summed E-state index contributed by atoms with van der Waals surface area (Å²) in [6, 6.07) is 10.1. The van der Waals surface area contributed by atoms with Gasteiger partial charge in [-0.1, -0.05) is 0 Å². The number of anilines is 1.